The lowest BCUT2D eigenvalue weighted by Crippen LogP contribution is -2.32. The maximum absolute atomic E-state index is 15.9. The zero-order valence-corrected chi connectivity index (χ0v) is 23.5. The molecule has 5 aromatic carbocycles. The number of hydrogen-bond acceptors (Lipinski definition) is 1. The molecule has 40 heavy (non-hydrogen) atoms. The van der Waals surface area contributed by atoms with Gasteiger partial charge in [-0.3, -0.25) is 0 Å². The standard InChI is InChI=1S/C37H31FNO/c1-22-14-15-28-29-16-17-31(38)34(30-20-23-10-6-7-11-25(23)26-12-8-9-13-27(26)30)36(29)40-35(28)33(22)32-21-24(37(2,3)4)18-19-39(32)5/h6-21H,1-5H3/q+1. The number of pyridine rings is 1. The molecule has 196 valence electrons. The summed E-state index contributed by atoms with van der Waals surface area (Å²) in [7, 11) is 2.06. The van der Waals surface area contributed by atoms with Crippen LogP contribution in [-0.4, -0.2) is 0 Å². The number of furan rings is 1. The Morgan fingerprint density at radius 1 is 0.675 bits per heavy atom. The molecule has 7 rings (SSSR count). The topological polar surface area (TPSA) is 17.0 Å². The lowest BCUT2D eigenvalue weighted by atomic mass is 9.86. The van der Waals surface area contributed by atoms with Gasteiger partial charge in [0.15, 0.2) is 6.20 Å². The van der Waals surface area contributed by atoms with Crippen LogP contribution in [0.1, 0.15) is 31.9 Å². The number of halogens is 1. The molecule has 0 fully saturated rings. The minimum atomic E-state index is -0.287. The Bertz CT molecular complexity index is 2130. The fraction of sp³-hybridized carbons (Fsp3) is 0.162. The van der Waals surface area contributed by atoms with E-state index in [4.69, 9.17) is 4.42 Å². The normalized spacial score (nSPS) is 12.2. The Kier molecular flexibility index (Phi) is 5.37. The molecule has 0 amide bonds. The highest BCUT2D eigenvalue weighted by Crippen LogP contribution is 2.44. The van der Waals surface area contributed by atoms with Crippen molar-refractivity contribution < 1.29 is 13.4 Å². The van der Waals surface area contributed by atoms with E-state index in [0.717, 1.165) is 60.3 Å². The van der Waals surface area contributed by atoms with Gasteiger partial charge in [0, 0.05) is 22.9 Å². The quantitative estimate of drug-likeness (QED) is 0.162. The fourth-order valence-electron chi connectivity index (χ4n) is 6.09. The highest BCUT2D eigenvalue weighted by Gasteiger charge is 2.26. The Morgan fingerprint density at radius 2 is 1.32 bits per heavy atom. The van der Waals surface area contributed by atoms with Crippen LogP contribution < -0.4 is 4.57 Å². The molecule has 0 saturated heterocycles. The van der Waals surface area contributed by atoms with Gasteiger partial charge in [-0.1, -0.05) is 81.4 Å². The van der Waals surface area contributed by atoms with E-state index in [0.29, 0.717) is 11.1 Å². The summed E-state index contributed by atoms with van der Waals surface area (Å²) in [6.07, 6.45) is 2.11. The summed E-state index contributed by atoms with van der Waals surface area (Å²) in [5, 5.41) is 6.25. The zero-order valence-electron chi connectivity index (χ0n) is 23.5. The molecule has 0 radical (unpaired) electrons. The van der Waals surface area contributed by atoms with Crippen molar-refractivity contribution in [3.05, 3.63) is 114 Å². The Labute approximate surface area is 233 Å². The van der Waals surface area contributed by atoms with E-state index in [-0.39, 0.29) is 11.2 Å². The van der Waals surface area contributed by atoms with Gasteiger partial charge >= 0.3 is 0 Å². The predicted molar refractivity (Wildman–Crippen MR) is 164 cm³/mol. The van der Waals surface area contributed by atoms with Crippen molar-refractivity contribution in [1.29, 1.82) is 0 Å². The van der Waals surface area contributed by atoms with Crippen LogP contribution >= 0.6 is 0 Å². The van der Waals surface area contributed by atoms with Crippen molar-refractivity contribution in [2.45, 2.75) is 33.1 Å². The lowest BCUT2D eigenvalue weighted by molar-refractivity contribution is -0.660. The highest BCUT2D eigenvalue weighted by molar-refractivity contribution is 6.18. The van der Waals surface area contributed by atoms with Crippen LogP contribution in [0.3, 0.4) is 0 Å². The van der Waals surface area contributed by atoms with Crippen LogP contribution in [0.25, 0.3) is 65.9 Å². The van der Waals surface area contributed by atoms with Crippen molar-refractivity contribution in [1.82, 2.24) is 0 Å². The van der Waals surface area contributed by atoms with E-state index in [1.54, 1.807) is 6.07 Å². The molecule has 3 heteroatoms. The van der Waals surface area contributed by atoms with Crippen molar-refractivity contribution in [2.75, 3.05) is 0 Å². The number of aryl methyl sites for hydroxylation is 2. The van der Waals surface area contributed by atoms with Crippen molar-refractivity contribution in [2.24, 2.45) is 7.05 Å². The third-order valence-corrected chi connectivity index (χ3v) is 8.28. The average molecular weight is 525 g/mol. The van der Waals surface area contributed by atoms with Gasteiger partial charge in [0.2, 0.25) is 5.69 Å². The van der Waals surface area contributed by atoms with Gasteiger partial charge in [-0.15, -0.1) is 0 Å². The average Bonchev–Trinajstić information content (AvgIpc) is 3.31. The van der Waals surface area contributed by atoms with Crippen molar-refractivity contribution in [3.63, 3.8) is 0 Å². The largest absolute Gasteiger partial charge is 0.454 e. The molecule has 0 unspecified atom stereocenters. The number of nitrogens with zero attached hydrogens (tertiary/aromatic N) is 1. The summed E-state index contributed by atoms with van der Waals surface area (Å²) in [5.41, 5.74) is 7.21. The van der Waals surface area contributed by atoms with E-state index >= 15 is 4.39 Å². The summed E-state index contributed by atoms with van der Waals surface area (Å²) in [5.74, 6) is -0.287. The number of aromatic nitrogens is 1. The third kappa shape index (κ3) is 3.65. The molecule has 0 spiro atoms. The molecule has 0 N–H and O–H groups in total. The van der Waals surface area contributed by atoms with E-state index in [1.807, 2.05) is 30.3 Å². The second kappa shape index (κ2) is 8.76. The SMILES string of the molecule is Cc1ccc2c(oc3c(-c4cc5ccccc5c5ccccc45)c(F)ccc32)c1-c1cc(C(C)(C)C)cc[n+]1C. The number of rotatable bonds is 2. The summed E-state index contributed by atoms with van der Waals surface area (Å²) in [4.78, 5) is 0. The summed E-state index contributed by atoms with van der Waals surface area (Å²) in [6, 6.07) is 30.7. The molecular weight excluding hydrogens is 493 g/mol. The molecule has 2 heterocycles. The smallest absolute Gasteiger partial charge is 0.216 e. The van der Waals surface area contributed by atoms with Crippen LogP contribution in [-0.2, 0) is 12.5 Å². The van der Waals surface area contributed by atoms with Gasteiger partial charge in [0.1, 0.15) is 24.0 Å². The Hall–Kier alpha value is -4.50. The first-order valence-electron chi connectivity index (χ1n) is 13.8. The summed E-state index contributed by atoms with van der Waals surface area (Å²) in [6.45, 7) is 8.79. The van der Waals surface area contributed by atoms with E-state index in [2.05, 4.69) is 100 Å². The van der Waals surface area contributed by atoms with Gasteiger partial charge in [0.25, 0.3) is 0 Å². The highest BCUT2D eigenvalue weighted by atomic mass is 19.1. The van der Waals surface area contributed by atoms with E-state index in [1.165, 1.54) is 5.56 Å². The van der Waals surface area contributed by atoms with Gasteiger partial charge in [-0.05, 0) is 68.8 Å². The molecule has 0 atom stereocenters. The second-order valence-corrected chi connectivity index (χ2v) is 11.9. The van der Waals surface area contributed by atoms with Gasteiger partial charge in [0.05, 0.1) is 11.1 Å². The second-order valence-electron chi connectivity index (χ2n) is 11.9. The molecule has 0 saturated carbocycles. The van der Waals surface area contributed by atoms with Crippen LogP contribution in [0.15, 0.2) is 102 Å². The number of fused-ring (bicyclic) bond motifs is 6. The molecule has 2 nitrogen and oxygen atoms in total. The van der Waals surface area contributed by atoms with Crippen LogP contribution in [0.5, 0.6) is 0 Å². The maximum Gasteiger partial charge on any atom is 0.216 e. The first-order valence-corrected chi connectivity index (χ1v) is 13.8. The van der Waals surface area contributed by atoms with Crippen molar-refractivity contribution in [3.8, 4) is 22.4 Å². The van der Waals surface area contributed by atoms with E-state index < -0.39 is 0 Å². The number of benzene rings is 5. The fourth-order valence-corrected chi connectivity index (χ4v) is 6.09. The first kappa shape index (κ1) is 24.5. The molecular formula is C37H31FNO+. The monoisotopic (exact) mass is 524 g/mol. The molecule has 0 bridgehead atoms. The maximum atomic E-state index is 15.9. The molecule has 2 aromatic heterocycles. The molecule has 0 aliphatic rings. The Morgan fingerprint density at radius 3 is 2.08 bits per heavy atom. The van der Waals surface area contributed by atoms with Gasteiger partial charge in [-0.2, -0.15) is 0 Å². The molecule has 7 aromatic rings. The van der Waals surface area contributed by atoms with Crippen LogP contribution in [0, 0.1) is 12.7 Å². The lowest BCUT2D eigenvalue weighted by Gasteiger charge is -2.19. The first-order chi connectivity index (χ1) is 19.2. The van der Waals surface area contributed by atoms with Crippen molar-refractivity contribution >= 4 is 43.5 Å². The number of hydrogen-bond donors (Lipinski definition) is 0. The predicted octanol–water partition coefficient (Wildman–Crippen LogP) is 9.80. The molecule has 0 aliphatic carbocycles. The third-order valence-electron chi connectivity index (χ3n) is 8.28. The minimum absolute atomic E-state index is 0.00608. The Balaban J connectivity index is 1.59. The summed E-state index contributed by atoms with van der Waals surface area (Å²) < 4.78 is 24.9. The zero-order chi connectivity index (χ0) is 27.8. The molecule has 0 aliphatic heterocycles. The van der Waals surface area contributed by atoms with Crippen LogP contribution in [0.2, 0.25) is 0 Å². The minimum Gasteiger partial charge on any atom is -0.454 e. The van der Waals surface area contributed by atoms with Gasteiger partial charge in [-0.25, -0.2) is 8.96 Å². The van der Waals surface area contributed by atoms with E-state index in [9.17, 15) is 0 Å². The van der Waals surface area contributed by atoms with Gasteiger partial charge < -0.3 is 4.42 Å². The van der Waals surface area contributed by atoms with Crippen LogP contribution in [0.4, 0.5) is 4.39 Å². The summed E-state index contributed by atoms with van der Waals surface area (Å²) >= 11 is 0.